The van der Waals surface area contributed by atoms with Crippen LogP contribution in [0.25, 0.3) is 0 Å². The van der Waals surface area contributed by atoms with E-state index in [0.29, 0.717) is 6.04 Å². The molecule has 0 bridgehead atoms. The van der Waals surface area contributed by atoms with Crippen LogP contribution in [-0.4, -0.2) is 22.1 Å². The maximum absolute atomic E-state index is 4.07. The van der Waals surface area contributed by atoms with Crippen LogP contribution in [0.4, 0.5) is 5.69 Å². The molecule has 0 aliphatic carbocycles. The third-order valence-corrected chi connectivity index (χ3v) is 3.62. The molecule has 0 saturated carbocycles. The lowest BCUT2D eigenvalue weighted by atomic mass is 10.1. The first kappa shape index (κ1) is 12.2. The van der Waals surface area contributed by atoms with Gasteiger partial charge in [0.15, 0.2) is 0 Å². The fourth-order valence-corrected chi connectivity index (χ4v) is 2.62. The van der Waals surface area contributed by atoms with Crippen LogP contribution in [0.3, 0.4) is 0 Å². The van der Waals surface area contributed by atoms with Crippen molar-refractivity contribution in [2.75, 3.05) is 11.9 Å². The third kappa shape index (κ3) is 2.79. The van der Waals surface area contributed by atoms with Crippen LogP contribution in [-0.2, 0) is 19.5 Å². The number of anilines is 1. The Morgan fingerprint density at radius 3 is 3.26 bits per heavy atom. The number of hydrogen-bond acceptors (Lipinski definition) is 3. The Labute approximate surface area is 113 Å². The third-order valence-electron chi connectivity index (χ3n) is 3.62. The zero-order valence-corrected chi connectivity index (χ0v) is 11.3. The van der Waals surface area contributed by atoms with Crippen molar-refractivity contribution in [1.29, 1.82) is 0 Å². The van der Waals surface area contributed by atoms with Crippen molar-refractivity contribution >= 4 is 5.69 Å². The summed E-state index contributed by atoms with van der Waals surface area (Å²) in [7, 11) is 0. The largest absolute Gasteiger partial charge is 0.384 e. The van der Waals surface area contributed by atoms with Gasteiger partial charge in [-0.15, -0.1) is 0 Å². The molecular formula is C15H20N4. The van der Waals surface area contributed by atoms with E-state index in [4.69, 9.17) is 0 Å². The van der Waals surface area contributed by atoms with Gasteiger partial charge in [-0.1, -0.05) is 18.2 Å². The first-order valence-electron chi connectivity index (χ1n) is 6.86. The van der Waals surface area contributed by atoms with Gasteiger partial charge in [0, 0.05) is 43.8 Å². The molecule has 2 aromatic rings. The molecule has 19 heavy (non-hydrogen) atoms. The number of aromatic nitrogens is 2. The maximum Gasteiger partial charge on any atom is 0.0946 e. The van der Waals surface area contributed by atoms with Gasteiger partial charge < -0.3 is 15.2 Å². The summed E-state index contributed by atoms with van der Waals surface area (Å²) in [6.45, 7) is 5.13. The van der Waals surface area contributed by atoms with E-state index in [9.17, 15) is 0 Å². The lowest BCUT2D eigenvalue weighted by Gasteiger charge is -2.16. The average Bonchev–Trinajstić information content (AvgIpc) is 3.06. The molecule has 0 saturated heterocycles. The van der Waals surface area contributed by atoms with Gasteiger partial charge in [-0.05, 0) is 24.5 Å². The number of hydrogen-bond donors (Lipinski definition) is 2. The summed E-state index contributed by atoms with van der Waals surface area (Å²) >= 11 is 0. The highest BCUT2D eigenvalue weighted by Gasteiger charge is 2.13. The highest BCUT2D eigenvalue weighted by molar-refractivity contribution is 5.61. The number of fused-ring (bicyclic) bond motifs is 1. The van der Waals surface area contributed by atoms with E-state index in [2.05, 4.69) is 45.3 Å². The predicted molar refractivity (Wildman–Crippen MR) is 77.2 cm³/mol. The van der Waals surface area contributed by atoms with Crippen molar-refractivity contribution in [2.24, 2.45) is 0 Å². The Bertz CT molecular complexity index is 533. The van der Waals surface area contributed by atoms with Crippen LogP contribution in [0.1, 0.15) is 18.1 Å². The molecule has 3 rings (SSSR count). The Hall–Kier alpha value is -1.81. The molecule has 2 N–H and O–H groups in total. The minimum absolute atomic E-state index is 0.423. The molecule has 1 atom stereocenters. The van der Waals surface area contributed by atoms with Crippen LogP contribution in [0.5, 0.6) is 0 Å². The topological polar surface area (TPSA) is 41.9 Å². The van der Waals surface area contributed by atoms with E-state index >= 15 is 0 Å². The number of benzene rings is 1. The van der Waals surface area contributed by atoms with Gasteiger partial charge in [0.1, 0.15) is 0 Å². The Balaban J connectivity index is 1.59. The zero-order chi connectivity index (χ0) is 13.1. The van der Waals surface area contributed by atoms with E-state index < -0.39 is 0 Å². The van der Waals surface area contributed by atoms with Crippen molar-refractivity contribution in [3.63, 3.8) is 0 Å². The van der Waals surface area contributed by atoms with Crippen molar-refractivity contribution in [3.8, 4) is 0 Å². The van der Waals surface area contributed by atoms with E-state index in [1.165, 1.54) is 16.8 Å². The SMILES string of the molecule is CC(Cn1ccnc1)NCc1cccc2c1NCC2. The van der Waals surface area contributed by atoms with Gasteiger partial charge in [-0.2, -0.15) is 0 Å². The molecule has 1 aromatic heterocycles. The highest BCUT2D eigenvalue weighted by Crippen LogP contribution is 2.26. The molecule has 0 spiro atoms. The maximum atomic E-state index is 4.07. The van der Waals surface area contributed by atoms with Crippen LogP contribution < -0.4 is 10.6 Å². The Morgan fingerprint density at radius 1 is 1.47 bits per heavy atom. The normalized spacial score (nSPS) is 15.0. The Morgan fingerprint density at radius 2 is 2.42 bits per heavy atom. The van der Waals surface area contributed by atoms with Gasteiger partial charge in [0.2, 0.25) is 0 Å². The monoisotopic (exact) mass is 256 g/mol. The molecule has 100 valence electrons. The quantitative estimate of drug-likeness (QED) is 0.860. The van der Waals surface area contributed by atoms with Crippen LogP contribution in [0.2, 0.25) is 0 Å². The van der Waals surface area contributed by atoms with E-state index in [-0.39, 0.29) is 0 Å². The lowest BCUT2D eigenvalue weighted by Crippen LogP contribution is -2.29. The number of nitrogens with one attached hydrogen (secondary N) is 2. The molecule has 1 aliphatic heterocycles. The minimum Gasteiger partial charge on any atom is -0.384 e. The molecule has 1 aliphatic rings. The summed E-state index contributed by atoms with van der Waals surface area (Å²) < 4.78 is 2.10. The average molecular weight is 256 g/mol. The molecule has 4 nitrogen and oxygen atoms in total. The highest BCUT2D eigenvalue weighted by atomic mass is 15.1. The van der Waals surface area contributed by atoms with Crippen molar-refractivity contribution in [1.82, 2.24) is 14.9 Å². The van der Waals surface area contributed by atoms with Crippen LogP contribution in [0.15, 0.2) is 36.9 Å². The second-order valence-corrected chi connectivity index (χ2v) is 5.17. The summed E-state index contributed by atoms with van der Waals surface area (Å²) in [6.07, 6.45) is 6.83. The molecule has 2 heterocycles. The van der Waals surface area contributed by atoms with Crippen molar-refractivity contribution in [2.45, 2.75) is 32.5 Å². The summed E-state index contributed by atoms with van der Waals surface area (Å²) in [4.78, 5) is 4.07. The lowest BCUT2D eigenvalue weighted by molar-refractivity contribution is 0.476. The second kappa shape index (κ2) is 5.45. The molecule has 1 aromatic carbocycles. The molecular weight excluding hydrogens is 236 g/mol. The number of imidazole rings is 1. The number of para-hydroxylation sites is 1. The first-order valence-corrected chi connectivity index (χ1v) is 6.86. The second-order valence-electron chi connectivity index (χ2n) is 5.17. The van der Waals surface area contributed by atoms with Gasteiger partial charge >= 0.3 is 0 Å². The number of rotatable bonds is 5. The summed E-state index contributed by atoms with van der Waals surface area (Å²) in [5.74, 6) is 0. The molecule has 4 heteroatoms. The van der Waals surface area contributed by atoms with E-state index in [0.717, 1.165) is 26.1 Å². The predicted octanol–water partition coefficient (Wildman–Crippen LogP) is 2.03. The smallest absolute Gasteiger partial charge is 0.0946 e. The molecule has 0 radical (unpaired) electrons. The van der Waals surface area contributed by atoms with E-state index in [1.807, 2.05) is 18.7 Å². The van der Waals surface area contributed by atoms with Gasteiger partial charge in [-0.3, -0.25) is 0 Å². The minimum atomic E-state index is 0.423. The van der Waals surface area contributed by atoms with Crippen LogP contribution in [0, 0.1) is 0 Å². The standard InChI is InChI=1S/C15H20N4/c1-12(10-19-8-7-16-11-19)18-9-14-4-2-3-13-5-6-17-15(13)14/h2-4,7-8,11-12,17-18H,5-6,9-10H2,1H3. The molecule has 1 unspecified atom stereocenters. The fraction of sp³-hybridized carbons (Fsp3) is 0.400. The molecule has 0 amide bonds. The van der Waals surface area contributed by atoms with Crippen LogP contribution >= 0.6 is 0 Å². The first-order chi connectivity index (χ1) is 9.33. The van der Waals surface area contributed by atoms with Crippen molar-refractivity contribution < 1.29 is 0 Å². The van der Waals surface area contributed by atoms with Gasteiger partial charge in [-0.25, -0.2) is 4.98 Å². The fourth-order valence-electron chi connectivity index (χ4n) is 2.62. The summed E-state index contributed by atoms with van der Waals surface area (Å²) in [5, 5.41) is 7.06. The van der Waals surface area contributed by atoms with Crippen molar-refractivity contribution in [3.05, 3.63) is 48.0 Å². The van der Waals surface area contributed by atoms with Gasteiger partial charge in [0.05, 0.1) is 6.33 Å². The Kier molecular flexibility index (Phi) is 3.51. The van der Waals surface area contributed by atoms with E-state index in [1.54, 1.807) is 0 Å². The number of nitrogens with zero attached hydrogens (tertiary/aromatic N) is 2. The zero-order valence-electron chi connectivity index (χ0n) is 11.3. The summed E-state index contributed by atoms with van der Waals surface area (Å²) in [6, 6.07) is 7.00. The summed E-state index contributed by atoms with van der Waals surface area (Å²) in [5.41, 5.74) is 4.15. The van der Waals surface area contributed by atoms with Gasteiger partial charge in [0.25, 0.3) is 0 Å². The molecule has 0 fully saturated rings.